The summed E-state index contributed by atoms with van der Waals surface area (Å²) in [6.45, 7) is 3.27. The third-order valence-corrected chi connectivity index (χ3v) is 2.01. The van der Waals surface area contributed by atoms with Crippen LogP contribution in [0.25, 0.3) is 0 Å². The molecule has 0 aliphatic carbocycles. The Morgan fingerprint density at radius 2 is 1.83 bits per heavy atom. The highest BCUT2D eigenvalue weighted by Gasteiger charge is 2.06. The van der Waals surface area contributed by atoms with E-state index >= 15 is 0 Å². The molecule has 2 atom stereocenters. The molecule has 12 heavy (non-hydrogen) atoms. The molecule has 0 fully saturated rings. The van der Waals surface area contributed by atoms with Crippen molar-refractivity contribution in [3.05, 3.63) is 0 Å². The summed E-state index contributed by atoms with van der Waals surface area (Å²) in [7, 11) is 0. The Kier molecular flexibility index (Phi) is 10.6. The van der Waals surface area contributed by atoms with Gasteiger partial charge >= 0.3 is 0 Å². The van der Waals surface area contributed by atoms with Gasteiger partial charge in [-0.05, 0) is 25.7 Å². The van der Waals surface area contributed by atoms with E-state index in [1.165, 1.54) is 0 Å². The van der Waals surface area contributed by atoms with Crippen molar-refractivity contribution in [1.82, 2.24) is 0 Å². The average Bonchev–Trinajstić information content (AvgIpc) is 1.98. The lowest BCUT2D eigenvalue weighted by Gasteiger charge is -2.09. The number of hydrogen-bond acceptors (Lipinski definition) is 0. The van der Waals surface area contributed by atoms with Gasteiger partial charge in [-0.1, -0.05) is 19.8 Å². The van der Waals surface area contributed by atoms with Crippen molar-refractivity contribution in [3.8, 4) is 0 Å². The second-order valence-electron chi connectivity index (χ2n) is 3.14. The molecule has 0 saturated carbocycles. The summed E-state index contributed by atoms with van der Waals surface area (Å²) in [5, 5.41) is 0. The lowest BCUT2D eigenvalue weighted by molar-refractivity contribution is 0.292. The lowest BCUT2D eigenvalue weighted by Crippen LogP contribution is -2.02. The molecule has 2 unspecified atom stereocenters. The van der Waals surface area contributed by atoms with Crippen molar-refractivity contribution < 1.29 is 13.5 Å². The molecule has 0 aliphatic rings. The van der Waals surface area contributed by atoms with E-state index in [-0.39, 0.29) is 17.3 Å². The molecule has 0 heterocycles. The molecule has 0 N–H and O–H groups in total. The Labute approximate surface area is 72.7 Å². The Bertz CT molecular complexity index is 79.8. The van der Waals surface area contributed by atoms with E-state index in [1.807, 2.05) is 6.92 Å². The van der Waals surface area contributed by atoms with Gasteiger partial charge in [0.15, 0.2) is 0 Å². The van der Waals surface area contributed by atoms with Gasteiger partial charge in [0.05, 0.1) is 12.8 Å². The van der Waals surface area contributed by atoms with E-state index in [4.69, 9.17) is 0 Å². The van der Waals surface area contributed by atoms with Crippen LogP contribution in [0.3, 0.4) is 0 Å². The maximum absolute atomic E-state index is 12.3. The highest BCUT2D eigenvalue weighted by atomic mass is 19.1. The molecule has 0 rings (SSSR count). The normalized spacial score (nSPS) is 15.0. The Balaban J connectivity index is 0. The smallest absolute Gasteiger partial charge is 0.0973 e. The number of hydrogen-bond donors (Lipinski definition) is 0. The van der Waals surface area contributed by atoms with Gasteiger partial charge < -0.3 is 0 Å². The third kappa shape index (κ3) is 7.89. The predicted molar refractivity (Wildman–Crippen MR) is 46.7 cm³/mol. The minimum Gasteiger partial charge on any atom is -0.269 e. The summed E-state index contributed by atoms with van der Waals surface area (Å²) in [6.07, 6.45) is 2.38. The second kappa shape index (κ2) is 8.88. The van der Waals surface area contributed by atoms with Crippen molar-refractivity contribution in [2.75, 3.05) is 6.67 Å². The van der Waals surface area contributed by atoms with Gasteiger partial charge in [0.2, 0.25) is 0 Å². The summed E-state index contributed by atoms with van der Waals surface area (Å²) in [6, 6.07) is 0. The van der Waals surface area contributed by atoms with Crippen LogP contribution in [0.5, 0.6) is 0 Å². The van der Waals surface area contributed by atoms with Crippen LogP contribution in [0.4, 0.5) is 13.5 Å². The summed E-state index contributed by atoms with van der Waals surface area (Å²) in [5.74, 6) is 0.161. The summed E-state index contributed by atoms with van der Waals surface area (Å²) in [5.41, 5.74) is 0. The van der Waals surface area contributed by atoms with Gasteiger partial charge in [0.25, 0.3) is 0 Å². The van der Waals surface area contributed by atoms with E-state index in [1.54, 1.807) is 6.92 Å². The first kappa shape index (κ1) is 14.3. The van der Waals surface area contributed by atoms with Gasteiger partial charge in [0, 0.05) is 0 Å². The molecule has 0 aromatic rings. The molecule has 0 amide bonds. The minimum atomic E-state index is -0.730. The quantitative estimate of drug-likeness (QED) is 0.591. The summed E-state index contributed by atoms with van der Waals surface area (Å²) in [4.78, 5) is 0. The van der Waals surface area contributed by atoms with Crippen LogP contribution in [0.15, 0.2) is 0 Å². The van der Waals surface area contributed by atoms with Crippen LogP contribution in [0.1, 0.15) is 39.5 Å². The standard InChI is InChI=1S/C9H18F2.FH/c1-3-9(7-10)6-4-5-8(2)11;/h8-9H,3-7H2,1-2H3;1H. The number of alkyl halides is 2. The first-order valence-corrected chi connectivity index (χ1v) is 4.40. The monoisotopic (exact) mass is 184 g/mol. The predicted octanol–water partition coefficient (Wildman–Crippen LogP) is 3.66. The molecule has 0 aliphatic heterocycles. The zero-order valence-corrected chi connectivity index (χ0v) is 7.85. The summed E-state index contributed by atoms with van der Waals surface area (Å²) < 4.78 is 24.4. The molecule has 0 saturated heterocycles. The molecule has 0 aromatic carbocycles. The van der Waals surface area contributed by atoms with Gasteiger partial charge in [-0.25, -0.2) is 4.39 Å². The molecular formula is C9H19F3. The van der Waals surface area contributed by atoms with Crippen molar-refractivity contribution >= 4 is 0 Å². The SMILES string of the molecule is CCC(CF)CCCC(C)F.F. The van der Waals surface area contributed by atoms with Crippen molar-refractivity contribution in [2.45, 2.75) is 45.7 Å². The van der Waals surface area contributed by atoms with Crippen LogP contribution < -0.4 is 0 Å². The van der Waals surface area contributed by atoms with Crippen molar-refractivity contribution in [2.24, 2.45) is 5.92 Å². The Morgan fingerprint density at radius 3 is 2.17 bits per heavy atom. The van der Waals surface area contributed by atoms with Gasteiger partial charge in [0.1, 0.15) is 0 Å². The zero-order valence-electron chi connectivity index (χ0n) is 7.85. The fourth-order valence-corrected chi connectivity index (χ4v) is 1.08. The molecule has 0 nitrogen and oxygen atoms in total. The highest BCUT2D eigenvalue weighted by molar-refractivity contribution is 4.57. The zero-order chi connectivity index (χ0) is 8.69. The molecule has 0 aromatic heterocycles. The number of rotatable bonds is 6. The molecule has 3 heteroatoms. The molecule has 76 valence electrons. The maximum atomic E-state index is 12.3. The largest absolute Gasteiger partial charge is 0.269 e. The first-order valence-electron chi connectivity index (χ1n) is 4.40. The van der Waals surface area contributed by atoms with E-state index < -0.39 is 6.17 Å². The Morgan fingerprint density at radius 1 is 1.25 bits per heavy atom. The first-order chi connectivity index (χ1) is 5.20. The van der Waals surface area contributed by atoms with Gasteiger partial charge in [-0.15, -0.1) is 0 Å². The fourth-order valence-electron chi connectivity index (χ4n) is 1.08. The average molecular weight is 184 g/mol. The Hall–Kier alpha value is -0.210. The fraction of sp³-hybridized carbons (Fsp3) is 1.00. The summed E-state index contributed by atoms with van der Waals surface area (Å²) >= 11 is 0. The maximum Gasteiger partial charge on any atom is 0.0973 e. The van der Waals surface area contributed by atoms with Crippen LogP contribution in [0.2, 0.25) is 0 Å². The highest BCUT2D eigenvalue weighted by Crippen LogP contribution is 2.14. The van der Waals surface area contributed by atoms with Crippen molar-refractivity contribution in [1.29, 1.82) is 0 Å². The lowest BCUT2D eigenvalue weighted by atomic mass is 10.00. The molecular weight excluding hydrogens is 165 g/mol. The molecule has 0 bridgehead atoms. The van der Waals surface area contributed by atoms with Crippen molar-refractivity contribution in [3.63, 3.8) is 0 Å². The van der Waals surface area contributed by atoms with E-state index in [0.29, 0.717) is 6.42 Å². The van der Waals surface area contributed by atoms with Gasteiger partial charge in [-0.3, -0.25) is 9.09 Å². The number of halogens is 3. The van der Waals surface area contributed by atoms with E-state index in [2.05, 4.69) is 0 Å². The van der Waals surface area contributed by atoms with Crippen LogP contribution in [0, 0.1) is 5.92 Å². The van der Waals surface area contributed by atoms with Crippen LogP contribution in [-0.2, 0) is 0 Å². The van der Waals surface area contributed by atoms with Crippen LogP contribution in [-0.4, -0.2) is 12.8 Å². The molecule has 0 spiro atoms. The molecule has 0 radical (unpaired) electrons. The van der Waals surface area contributed by atoms with E-state index in [0.717, 1.165) is 19.3 Å². The second-order valence-corrected chi connectivity index (χ2v) is 3.14. The van der Waals surface area contributed by atoms with Crippen LogP contribution >= 0.6 is 0 Å². The minimum absolute atomic E-state index is 0. The van der Waals surface area contributed by atoms with E-state index in [9.17, 15) is 8.78 Å². The topological polar surface area (TPSA) is 0 Å². The third-order valence-electron chi connectivity index (χ3n) is 2.01. The van der Waals surface area contributed by atoms with Gasteiger partial charge in [-0.2, -0.15) is 0 Å².